The fourth-order valence-electron chi connectivity index (χ4n) is 3.86. The van der Waals surface area contributed by atoms with Crippen LogP contribution in [0.4, 0.5) is 0 Å². The van der Waals surface area contributed by atoms with Crippen LogP contribution in [0.5, 0.6) is 0 Å². The highest BCUT2D eigenvalue weighted by molar-refractivity contribution is 6.30. The summed E-state index contributed by atoms with van der Waals surface area (Å²) < 4.78 is 0. The van der Waals surface area contributed by atoms with Crippen molar-refractivity contribution in [2.24, 2.45) is 5.92 Å². The third-order valence-electron chi connectivity index (χ3n) is 5.41. The summed E-state index contributed by atoms with van der Waals surface area (Å²) in [5, 5.41) is 13.3. The molecule has 0 saturated heterocycles. The molecule has 0 unspecified atom stereocenters. The number of hydrogen-bond donors (Lipinski definition) is 2. The number of carbonyl (C=O) groups excluding carboxylic acids is 1. The van der Waals surface area contributed by atoms with E-state index in [4.69, 9.17) is 11.6 Å². The van der Waals surface area contributed by atoms with Crippen LogP contribution in [-0.4, -0.2) is 23.7 Å². The number of amides is 1. The van der Waals surface area contributed by atoms with E-state index in [2.05, 4.69) is 5.32 Å². The molecule has 2 atom stereocenters. The molecule has 2 aliphatic carbocycles. The van der Waals surface area contributed by atoms with Crippen LogP contribution >= 0.6 is 11.6 Å². The van der Waals surface area contributed by atoms with E-state index in [9.17, 15) is 9.90 Å². The molecule has 0 aliphatic heterocycles. The second-order valence-electron chi connectivity index (χ2n) is 6.83. The Labute approximate surface area is 137 Å². The van der Waals surface area contributed by atoms with Crippen molar-refractivity contribution in [1.29, 1.82) is 0 Å². The van der Waals surface area contributed by atoms with Gasteiger partial charge in [-0.25, -0.2) is 0 Å². The quantitative estimate of drug-likeness (QED) is 0.892. The van der Waals surface area contributed by atoms with Gasteiger partial charge in [0.05, 0.1) is 5.41 Å². The van der Waals surface area contributed by atoms with Gasteiger partial charge in [-0.05, 0) is 55.7 Å². The van der Waals surface area contributed by atoms with Crippen molar-refractivity contribution in [3.8, 4) is 0 Å². The van der Waals surface area contributed by atoms with Gasteiger partial charge >= 0.3 is 0 Å². The molecule has 2 fully saturated rings. The summed E-state index contributed by atoms with van der Waals surface area (Å²) in [6.45, 7) is 0.231. The first-order valence-corrected chi connectivity index (χ1v) is 8.70. The highest BCUT2D eigenvalue weighted by Crippen LogP contribution is 2.44. The molecule has 0 aromatic heterocycles. The van der Waals surface area contributed by atoms with E-state index in [0.717, 1.165) is 50.5 Å². The van der Waals surface area contributed by atoms with Crippen LogP contribution < -0.4 is 5.32 Å². The molecule has 22 heavy (non-hydrogen) atoms. The first kappa shape index (κ1) is 15.8. The predicted molar refractivity (Wildman–Crippen MR) is 88.0 cm³/mol. The number of benzene rings is 1. The maximum absolute atomic E-state index is 12.9. The number of aliphatic hydroxyl groups excluding tert-OH is 1. The zero-order valence-corrected chi connectivity index (χ0v) is 13.6. The number of halogens is 1. The monoisotopic (exact) mass is 321 g/mol. The SMILES string of the molecule is O=C(N[C@@H]1CCC[C@@H](CO)C1)C1(c2ccc(Cl)cc2)CCC1. The molecule has 3 nitrogen and oxygen atoms in total. The Hall–Kier alpha value is -1.06. The Morgan fingerprint density at radius 3 is 2.55 bits per heavy atom. The number of nitrogens with one attached hydrogen (secondary N) is 1. The lowest BCUT2D eigenvalue weighted by atomic mass is 9.63. The largest absolute Gasteiger partial charge is 0.396 e. The van der Waals surface area contributed by atoms with Crippen LogP contribution in [0.25, 0.3) is 0 Å². The fraction of sp³-hybridized carbons (Fsp3) is 0.611. The first-order chi connectivity index (χ1) is 10.6. The molecule has 2 saturated carbocycles. The summed E-state index contributed by atoms with van der Waals surface area (Å²) in [7, 11) is 0. The van der Waals surface area contributed by atoms with Crippen molar-refractivity contribution in [3.63, 3.8) is 0 Å². The van der Waals surface area contributed by atoms with E-state index in [1.54, 1.807) is 0 Å². The van der Waals surface area contributed by atoms with E-state index in [0.29, 0.717) is 10.9 Å². The Morgan fingerprint density at radius 2 is 1.95 bits per heavy atom. The Balaban J connectivity index is 1.70. The summed E-state index contributed by atoms with van der Waals surface area (Å²) in [6.07, 6.45) is 7.01. The van der Waals surface area contributed by atoms with Gasteiger partial charge in [-0.15, -0.1) is 0 Å². The Morgan fingerprint density at radius 1 is 1.23 bits per heavy atom. The van der Waals surface area contributed by atoms with Gasteiger partial charge in [-0.2, -0.15) is 0 Å². The molecule has 3 rings (SSSR count). The number of carbonyl (C=O) groups is 1. The molecule has 1 aromatic carbocycles. The maximum Gasteiger partial charge on any atom is 0.230 e. The van der Waals surface area contributed by atoms with Gasteiger partial charge in [-0.1, -0.05) is 36.6 Å². The van der Waals surface area contributed by atoms with Crippen molar-refractivity contribution < 1.29 is 9.90 Å². The molecule has 1 amide bonds. The standard InChI is InChI=1S/C18H24ClNO2/c19-15-7-5-14(6-8-15)18(9-2-10-18)17(22)20-16-4-1-3-13(11-16)12-21/h5-8,13,16,21H,1-4,9-12H2,(H,20,22)/t13-,16-/m1/s1. The molecule has 0 heterocycles. The fourth-order valence-corrected chi connectivity index (χ4v) is 3.98. The molecular weight excluding hydrogens is 298 g/mol. The van der Waals surface area contributed by atoms with Gasteiger partial charge in [-0.3, -0.25) is 4.79 Å². The van der Waals surface area contributed by atoms with Gasteiger partial charge in [0.1, 0.15) is 0 Å². The van der Waals surface area contributed by atoms with Crippen LogP contribution in [0.1, 0.15) is 50.5 Å². The minimum Gasteiger partial charge on any atom is -0.396 e. The summed E-state index contributed by atoms with van der Waals surface area (Å²) in [4.78, 5) is 12.9. The second-order valence-corrected chi connectivity index (χ2v) is 7.26. The van der Waals surface area contributed by atoms with Crippen molar-refractivity contribution in [3.05, 3.63) is 34.9 Å². The Kier molecular flexibility index (Phi) is 4.74. The van der Waals surface area contributed by atoms with E-state index in [1.165, 1.54) is 0 Å². The number of hydrogen-bond acceptors (Lipinski definition) is 2. The Bertz CT molecular complexity index is 524. The average molecular weight is 322 g/mol. The van der Waals surface area contributed by atoms with Crippen molar-refractivity contribution >= 4 is 17.5 Å². The molecule has 120 valence electrons. The zero-order chi connectivity index (χ0) is 15.6. The third kappa shape index (κ3) is 3.02. The number of rotatable bonds is 4. The van der Waals surface area contributed by atoms with Crippen molar-refractivity contribution in [1.82, 2.24) is 5.32 Å². The lowest BCUT2D eigenvalue weighted by molar-refractivity contribution is -0.131. The van der Waals surface area contributed by atoms with Crippen LogP contribution in [-0.2, 0) is 10.2 Å². The summed E-state index contributed by atoms with van der Waals surface area (Å²) in [5.41, 5.74) is 0.715. The molecular formula is C18H24ClNO2. The van der Waals surface area contributed by atoms with Crippen LogP contribution in [0, 0.1) is 5.92 Å². The molecule has 0 spiro atoms. The van der Waals surface area contributed by atoms with Gasteiger partial charge in [0.15, 0.2) is 0 Å². The van der Waals surface area contributed by atoms with Crippen LogP contribution in [0.2, 0.25) is 5.02 Å². The summed E-state index contributed by atoms with van der Waals surface area (Å²) in [5.74, 6) is 0.497. The van der Waals surface area contributed by atoms with E-state index in [-0.39, 0.29) is 24.0 Å². The van der Waals surface area contributed by atoms with Crippen LogP contribution in [0.15, 0.2) is 24.3 Å². The van der Waals surface area contributed by atoms with E-state index < -0.39 is 0 Å². The molecule has 2 N–H and O–H groups in total. The van der Waals surface area contributed by atoms with Gasteiger partial charge in [0.25, 0.3) is 0 Å². The maximum atomic E-state index is 12.9. The average Bonchev–Trinajstić information content (AvgIpc) is 2.48. The highest BCUT2D eigenvalue weighted by atomic mass is 35.5. The van der Waals surface area contributed by atoms with Crippen molar-refractivity contribution in [2.75, 3.05) is 6.61 Å². The summed E-state index contributed by atoms with van der Waals surface area (Å²) in [6, 6.07) is 7.92. The minimum absolute atomic E-state index is 0.157. The molecule has 2 aliphatic rings. The smallest absolute Gasteiger partial charge is 0.230 e. The molecule has 4 heteroatoms. The zero-order valence-electron chi connectivity index (χ0n) is 12.9. The molecule has 0 radical (unpaired) electrons. The summed E-state index contributed by atoms with van der Waals surface area (Å²) >= 11 is 5.97. The lowest BCUT2D eigenvalue weighted by Gasteiger charge is -2.42. The lowest BCUT2D eigenvalue weighted by Crippen LogP contribution is -2.52. The van der Waals surface area contributed by atoms with E-state index in [1.807, 2.05) is 24.3 Å². The predicted octanol–water partition coefficient (Wildman–Crippen LogP) is 3.43. The van der Waals surface area contributed by atoms with E-state index >= 15 is 0 Å². The highest BCUT2D eigenvalue weighted by Gasteiger charge is 2.46. The van der Waals surface area contributed by atoms with Gasteiger partial charge < -0.3 is 10.4 Å². The topological polar surface area (TPSA) is 49.3 Å². The second kappa shape index (κ2) is 6.59. The van der Waals surface area contributed by atoms with Gasteiger partial charge in [0.2, 0.25) is 5.91 Å². The van der Waals surface area contributed by atoms with Gasteiger partial charge in [0, 0.05) is 17.7 Å². The third-order valence-corrected chi connectivity index (χ3v) is 5.67. The van der Waals surface area contributed by atoms with Crippen molar-refractivity contribution in [2.45, 2.75) is 56.4 Å². The minimum atomic E-state index is -0.364. The normalized spacial score (nSPS) is 27.0. The molecule has 1 aromatic rings. The number of aliphatic hydroxyl groups is 1. The molecule has 0 bridgehead atoms. The first-order valence-electron chi connectivity index (χ1n) is 8.32. The van der Waals surface area contributed by atoms with Crippen LogP contribution in [0.3, 0.4) is 0 Å².